The third kappa shape index (κ3) is 4.79. The van der Waals surface area contributed by atoms with Crippen LogP contribution in [0.4, 0.5) is 18.0 Å². The number of urea groups is 1. The van der Waals surface area contributed by atoms with E-state index in [9.17, 15) is 22.8 Å². The van der Waals surface area contributed by atoms with Crippen molar-refractivity contribution in [3.05, 3.63) is 63.4 Å². The van der Waals surface area contributed by atoms with E-state index in [1.165, 1.54) is 23.1 Å². The Morgan fingerprint density at radius 2 is 1.93 bits per heavy atom. The van der Waals surface area contributed by atoms with E-state index >= 15 is 0 Å². The summed E-state index contributed by atoms with van der Waals surface area (Å²) in [6.07, 6.45) is -3.54. The van der Waals surface area contributed by atoms with E-state index < -0.39 is 30.0 Å². The van der Waals surface area contributed by atoms with Crippen LogP contribution in [0.3, 0.4) is 0 Å². The number of nitrogens with zero attached hydrogens (tertiary/aromatic N) is 2. The van der Waals surface area contributed by atoms with Gasteiger partial charge >= 0.3 is 12.2 Å². The zero-order valence-corrected chi connectivity index (χ0v) is 17.1. The molecule has 3 amide bonds. The normalized spacial score (nSPS) is 18.0. The maximum Gasteiger partial charge on any atom is 0.433 e. The molecular formula is C19H17Cl2F3N4O2. The first-order chi connectivity index (χ1) is 14.1. The van der Waals surface area contributed by atoms with E-state index in [0.29, 0.717) is 17.7 Å². The van der Waals surface area contributed by atoms with Gasteiger partial charge < -0.3 is 15.5 Å². The van der Waals surface area contributed by atoms with Crippen LogP contribution in [-0.2, 0) is 11.0 Å². The van der Waals surface area contributed by atoms with Crippen LogP contribution >= 0.6 is 23.2 Å². The molecule has 0 aliphatic carbocycles. The summed E-state index contributed by atoms with van der Waals surface area (Å²) < 4.78 is 38.6. The summed E-state index contributed by atoms with van der Waals surface area (Å²) in [4.78, 5) is 29.5. The lowest BCUT2D eigenvalue weighted by Crippen LogP contribution is -2.58. The Labute approximate surface area is 180 Å². The van der Waals surface area contributed by atoms with Gasteiger partial charge in [0, 0.05) is 19.3 Å². The van der Waals surface area contributed by atoms with Crippen molar-refractivity contribution in [2.75, 3.05) is 13.1 Å². The fourth-order valence-electron chi connectivity index (χ4n) is 3.06. The van der Waals surface area contributed by atoms with Crippen molar-refractivity contribution in [1.82, 2.24) is 20.5 Å². The number of benzene rings is 1. The Morgan fingerprint density at radius 1 is 1.23 bits per heavy atom. The van der Waals surface area contributed by atoms with Gasteiger partial charge in [-0.1, -0.05) is 35.3 Å². The molecule has 2 heterocycles. The number of alkyl halides is 3. The molecular weight excluding hydrogens is 444 g/mol. The number of rotatable bonds is 3. The van der Waals surface area contributed by atoms with Gasteiger partial charge in [0.25, 0.3) is 0 Å². The van der Waals surface area contributed by atoms with Gasteiger partial charge in [-0.25, -0.2) is 4.79 Å². The van der Waals surface area contributed by atoms with Gasteiger partial charge in [-0.2, -0.15) is 13.2 Å². The molecule has 6 nitrogen and oxygen atoms in total. The minimum absolute atomic E-state index is 0.221. The number of hydrogen-bond acceptors (Lipinski definition) is 3. The molecule has 2 aromatic rings. The third-order valence-electron chi connectivity index (χ3n) is 4.71. The van der Waals surface area contributed by atoms with E-state index in [0.717, 1.165) is 12.3 Å². The summed E-state index contributed by atoms with van der Waals surface area (Å²) in [5.41, 5.74) is -0.246. The summed E-state index contributed by atoms with van der Waals surface area (Å²) in [5, 5.41) is 5.93. The summed E-state index contributed by atoms with van der Waals surface area (Å²) in [6.45, 7) is 2.18. The Bertz CT molecular complexity index is 954. The van der Waals surface area contributed by atoms with E-state index in [4.69, 9.17) is 23.2 Å². The molecule has 1 aromatic carbocycles. The van der Waals surface area contributed by atoms with Gasteiger partial charge in [-0.3, -0.25) is 9.78 Å². The van der Waals surface area contributed by atoms with Gasteiger partial charge in [-0.05, 0) is 36.2 Å². The first kappa shape index (κ1) is 22.2. The van der Waals surface area contributed by atoms with Crippen LogP contribution in [0.1, 0.15) is 29.8 Å². The number of aromatic nitrogens is 1. The topological polar surface area (TPSA) is 74.3 Å². The zero-order chi connectivity index (χ0) is 22.1. The third-order valence-corrected chi connectivity index (χ3v) is 5.45. The van der Waals surface area contributed by atoms with Crippen LogP contribution < -0.4 is 10.6 Å². The molecule has 160 valence electrons. The Hall–Kier alpha value is -2.52. The second-order valence-electron chi connectivity index (χ2n) is 6.69. The lowest BCUT2D eigenvalue weighted by Gasteiger charge is -2.34. The van der Waals surface area contributed by atoms with Crippen LogP contribution in [0.15, 0.2) is 36.5 Å². The van der Waals surface area contributed by atoms with E-state index in [1.807, 2.05) is 0 Å². The summed E-state index contributed by atoms with van der Waals surface area (Å²) >= 11 is 12.0. The quantitative estimate of drug-likeness (QED) is 0.725. The average Bonchev–Trinajstić information content (AvgIpc) is 2.69. The average molecular weight is 461 g/mol. The molecule has 3 rings (SSSR count). The molecule has 0 spiro atoms. The zero-order valence-electron chi connectivity index (χ0n) is 15.6. The van der Waals surface area contributed by atoms with Crippen molar-refractivity contribution in [3.8, 4) is 0 Å². The molecule has 0 bridgehead atoms. The number of amides is 3. The monoisotopic (exact) mass is 460 g/mol. The second kappa shape index (κ2) is 8.69. The predicted octanol–water partition coefficient (Wildman–Crippen LogP) is 4.03. The number of carbonyl (C=O) groups excluding carboxylic acids is 2. The minimum Gasteiger partial charge on any atom is -0.353 e. The smallest absolute Gasteiger partial charge is 0.353 e. The molecule has 1 aliphatic rings. The SMILES string of the molecule is C[C@@H]1C(=O)NCCN1C(=O)N[C@H](c1ccc(C(F)(F)F)nc1)c1ccc(Cl)c(Cl)c1. The fourth-order valence-corrected chi connectivity index (χ4v) is 3.37. The molecule has 30 heavy (non-hydrogen) atoms. The van der Waals surface area contributed by atoms with Crippen molar-refractivity contribution in [1.29, 1.82) is 0 Å². The Morgan fingerprint density at radius 3 is 2.53 bits per heavy atom. The maximum atomic E-state index is 12.9. The predicted molar refractivity (Wildman–Crippen MR) is 105 cm³/mol. The van der Waals surface area contributed by atoms with Crippen LogP contribution in [0, 0.1) is 0 Å². The van der Waals surface area contributed by atoms with Gasteiger partial charge in [0.05, 0.1) is 16.1 Å². The lowest BCUT2D eigenvalue weighted by molar-refractivity contribution is -0.141. The number of carbonyl (C=O) groups is 2. The number of nitrogens with one attached hydrogen (secondary N) is 2. The van der Waals surface area contributed by atoms with Gasteiger partial charge in [0.1, 0.15) is 11.7 Å². The van der Waals surface area contributed by atoms with Crippen molar-refractivity contribution < 1.29 is 22.8 Å². The molecule has 11 heteroatoms. The first-order valence-corrected chi connectivity index (χ1v) is 9.66. The van der Waals surface area contributed by atoms with Crippen molar-refractivity contribution in [3.63, 3.8) is 0 Å². The molecule has 2 atom stereocenters. The van der Waals surface area contributed by atoms with E-state index in [1.54, 1.807) is 13.0 Å². The molecule has 2 N–H and O–H groups in total. The number of pyridine rings is 1. The highest BCUT2D eigenvalue weighted by molar-refractivity contribution is 6.42. The largest absolute Gasteiger partial charge is 0.433 e. The van der Waals surface area contributed by atoms with Gasteiger partial charge in [0.15, 0.2) is 0 Å². The van der Waals surface area contributed by atoms with Crippen molar-refractivity contribution in [2.45, 2.75) is 25.2 Å². The second-order valence-corrected chi connectivity index (χ2v) is 7.51. The molecule has 0 radical (unpaired) electrons. The van der Waals surface area contributed by atoms with Gasteiger partial charge in [-0.15, -0.1) is 0 Å². The maximum absolute atomic E-state index is 12.9. The molecule has 1 fully saturated rings. The number of piperazine rings is 1. The highest BCUT2D eigenvalue weighted by atomic mass is 35.5. The van der Waals surface area contributed by atoms with Crippen LogP contribution in [-0.4, -0.2) is 41.0 Å². The molecule has 0 unspecified atom stereocenters. The standard InChI is InChI=1S/C19H17Cl2F3N4O2/c1-10-17(29)25-6-7-28(10)18(30)27-16(11-2-4-13(20)14(21)8-11)12-3-5-15(26-9-12)19(22,23)24/h2-5,8-10,16H,6-7H2,1H3,(H,25,29)(H,27,30)/t10-,16+/m1/s1. The fraction of sp³-hybridized carbons (Fsp3) is 0.316. The Kier molecular flexibility index (Phi) is 6.42. The number of hydrogen-bond donors (Lipinski definition) is 2. The number of halogens is 5. The summed E-state index contributed by atoms with van der Waals surface area (Å²) in [7, 11) is 0. The molecule has 1 saturated heterocycles. The molecule has 1 aliphatic heterocycles. The van der Waals surface area contributed by atoms with E-state index in [-0.39, 0.29) is 22.5 Å². The van der Waals surface area contributed by atoms with E-state index in [2.05, 4.69) is 15.6 Å². The van der Waals surface area contributed by atoms with Crippen molar-refractivity contribution in [2.24, 2.45) is 0 Å². The van der Waals surface area contributed by atoms with Crippen molar-refractivity contribution >= 4 is 35.1 Å². The first-order valence-electron chi connectivity index (χ1n) is 8.91. The highest BCUT2D eigenvalue weighted by Gasteiger charge is 2.33. The van der Waals surface area contributed by atoms with Gasteiger partial charge in [0.2, 0.25) is 5.91 Å². The van der Waals surface area contributed by atoms with Crippen LogP contribution in [0.2, 0.25) is 10.0 Å². The summed E-state index contributed by atoms with van der Waals surface area (Å²) in [6, 6.07) is 4.60. The van der Waals surface area contributed by atoms with Crippen LogP contribution in [0.5, 0.6) is 0 Å². The summed E-state index contributed by atoms with van der Waals surface area (Å²) in [5.74, 6) is -0.293. The minimum atomic E-state index is -4.59. The molecule has 1 aromatic heterocycles. The highest BCUT2D eigenvalue weighted by Crippen LogP contribution is 2.31. The molecule has 0 saturated carbocycles. The lowest BCUT2D eigenvalue weighted by atomic mass is 10.00. The Balaban J connectivity index is 1.94. The van der Waals surface area contributed by atoms with Crippen LogP contribution in [0.25, 0.3) is 0 Å².